The van der Waals surface area contributed by atoms with Gasteiger partial charge >= 0.3 is 0 Å². The summed E-state index contributed by atoms with van der Waals surface area (Å²) in [7, 11) is 0. The zero-order valence-corrected chi connectivity index (χ0v) is 10.7. The highest BCUT2D eigenvalue weighted by Gasteiger charge is 2.00. The van der Waals surface area contributed by atoms with Gasteiger partial charge in [-0.15, -0.1) is 0 Å². The van der Waals surface area contributed by atoms with Crippen LogP contribution in [0.25, 0.3) is 0 Å². The van der Waals surface area contributed by atoms with Crippen LogP contribution in [0.2, 0.25) is 0 Å². The van der Waals surface area contributed by atoms with Crippen molar-refractivity contribution < 1.29 is 4.79 Å². The van der Waals surface area contributed by atoms with E-state index in [1.54, 1.807) is 6.08 Å². The van der Waals surface area contributed by atoms with Crippen LogP contribution in [0.5, 0.6) is 0 Å². The molecule has 0 saturated carbocycles. The molecule has 88 valence electrons. The van der Waals surface area contributed by atoms with Gasteiger partial charge in [0.1, 0.15) is 6.29 Å². The maximum atomic E-state index is 10.5. The van der Waals surface area contributed by atoms with Crippen molar-refractivity contribution in [1.29, 1.82) is 0 Å². The summed E-state index contributed by atoms with van der Waals surface area (Å²) >= 11 is 0. The van der Waals surface area contributed by atoms with Crippen molar-refractivity contribution >= 4 is 6.29 Å². The molecule has 0 aliphatic carbocycles. The smallest absolute Gasteiger partial charge is 0.145 e. The van der Waals surface area contributed by atoms with Crippen LogP contribution >= 0.6 is 0 Å². The molecule has 0 rings (SSSR count). The molecule has 0 radical (unpaired) electrons. The minimum atomic E-state index is 0.793. The first-order valence-corrected chi connectivity index (χ1v) is 5.58. The quantitative estimate of drug-likeness (QED) is 0.268. The van der Waals surface area contributed by atoms with Crippen LogP contribution in [-0.2, 0) is 4.79 Å². The summed E-state index contributed by atoms with van der Waals surface area (Å²) in [5.74, 6) is 0. The highest BCUT2D eigenvalue weighted by atomic mass is 16.1. The summed E-state index contributed by atoms with van der Waals surface area (Å²) in [6.45, 7) is 13.6. The first kappa shape index (κ1) is 14.6. The third-order valence-corrected chi connectivity index (χ3v) is 2.60. The normalized spacial score (nSPS) is 10.8. The molecule has 0 N–H and O–H groups in total. The standard InChI is InChI=1S/C15H22O/c1-6-13(4)7-9-15(12(2)3)10-8-14(5)11-16/h6,8,11H,1,4,7,9-10H2,2-3,5H3. The van der Waals surface area contributed by atoms with Gasteiger partial charge in [-0.2, -0.15) is 0 Å². The summed E-state index contributed by atoms with van der Waals surface area (Å²) in [5.41, 5.74) is 4.56. The van der Waals surface area contributed by atoms with Crippen LogP contribution in [0.15, 0.2) is 47.6 Å². The van der Waals surface area contributed by atoms with Gasteiger partial charge in [0.25, 0.3) is 0 Å². The Kier molecular flexibility index (Phi) is 7.19. The zero-order valence-electron chi connectivity index (χ0n) is 10.7. The average molecular weight is 218 g/mol. The maximum absolute atomic E-state index is 10.5. The predicted molar refractivity (Wildman–Crippen MR) is 71.4 cm³/mol. The highest BCUT2D eigenvalue weighted by molar-refractivity contribution is 5.72. The summed E-state index contributed by atoms with van der Waals surface area (Å²) < 4.78 is 0. The fourth-order valence-corrected chi connectivity index (χ4v) is 1.30. The third-order valence-electron chi connectivity index (χ3n) is 2.60. The maximum Gasteiger partial charge on any atom is 0.145 e. The highest BCUT2D eigenvalue weighted by Crippen LogP contribution is 2.19. The molecule has 1 nitrogen and oxygen atoms in total. The predicted octanol–water partition coefficient (Wildman–Crippen LogP) is 4.38. The van der Waals surface area contributed by atoms with Gasteiger partial charge in [0.05, 0.1) is 0 Å². The van der Waals surface area contributed by atoms with E-state index in [2.05, 4.69) is 27.0 Å². The molecule has 0 saturated heterocycles. The van der Waals surface area contributed by atoms with Crippen molar-refractivity contribution in [1.82, 2.24) is 0 Å². The first-order chi connectivity index (χ1) is 7.51. The van der Waals surface area contributed by atoms with Gasteiger partial charge in [0.2, 0.25) is 0 Å². The number of carbonyl (C=O) groups is 1. The Balaban J connectivity index is 4.43. The molecule has 0 aromatic carbocycles. The van der Waals surface area contributed by atoms with Crippen molar-refractivity contribution in [3.05, 3.63) is 47.6 Å². The molecule has 16 heavy (non-hydrogen) atoms. The van der Waals surface area contributed by atoms with Gasteiger partial charge in [0.15, 0.2) is 0 Å². The van der Waals surface area contributed by atoms with Crippen LogP contribution in [0, 0.1) is 0 Å². The van der Waals surface area contributed by atoms with Gasteiger partial charge < -0.3 is 0 Å². The molecular formula is C15H22O. The second-order valence-electron chi connectivity index (χ2n) is 4.24. The lowest BCUT2D eigenvalue weighted by Crippen LogP contribution is -1.89. The summed E-state index contributed by atoms with van der Waals surface area (Å²) in [6, 6.07) is 0. The Morgan fingerprint density at radius 3 is 2.25 bits per heavy atom. The van der Waals surface area contributed by atoms with Gasteiger partial charge in [-0.25, -0.2) is 0 Å². The molecule has 0 heterocycles. The van der Waals surface area contributed by atoms with Gasteiger partial charge in [0, 0.05) is 0 Å². The van der Waals surface area contributed by atoms with E-state index in [0.29, 0.717) is 0 Å². The molecule has 0 atom stereocenters. The molecule has 0 aliphatic rings. The van der Waals surface area contributed by atoms with E-state index in [1.807, 2.05) is 13.0 Å². The van der Waals surface area contributed by atoms with E-state index in [4.69, 9.17) is 0 Å². The Morgan fingerprint density at radius 1 is 1.19 bits per heavy atom. The topological polar surface area (TPSA) is 17.1 Å². The fourth-order valence-electron chi connectivity index (χ4n) is 1.30. The van der Waals surface area contributed by atoms with E-state index in [9.17, 15) is 4.79 Å². The molecule has 1 heteroatoms. The number of rotatable bonds is 7. The molecule has 0 amide bonds. The first-order valence-electron chi connectivity index (χ1n) is 5.58. The summed E-state index contributed by atoms with van der Waals surface area (Å²) in [6.07, 6.45) is 7.47. The SMILES string of the molecule is C=CC(=C)CCC(CC=C(C)C=O)=C(C)C. The Hall–Kier alpha value is -1.37. The monoisotopic (exact) mass is 218 g/mol. The Morgan fingerprint density at radius 2 is 1.81 bits per heavy atom. The largest absolute Gasteiger partial charge is 0.298 e. The number of aldehydes is 1. The van der Waals surface area contributed by atoms with E-state index in [-0.39, 0.29) is 0 Å². The van der Waals surface area contributed by atoms with Crippen molar-refractivity contribution in [3.63, 3.8) is 0 Å². The van der Waals surface area contributed by atoms with Crippen molar-refractivity contribution in [2.75, 3.05) is 0 Å². The lowest BCUT2D eigenvalue weighted by atomic mass is 9.98. The van der Waals surface area contributed by atoms with Gasteiger partial charge in [-0.3, -0.25) is 4.79 Å². The van der Waals surface area contributed by atoms with Gasteiger partial charge in [-0.05, 0) is 45.6 Å². The Labute approximate surface area is 99.3 Å². The van der Waals surface area contributed by atoms with Crippen molar-refractivity contribution in [2.45, 2.75) is 40.0 Å². The minimum absolute atomic E-state index is 0.793. The third kappa shape index (κ3) is 6.18. The van der Waals surface area contributed by atoms with Crippen LogP contribution < -0.4 is 0 Å². The lowest BCUT2D eigenvalue weighted by Gasteiger charge is -2.08. The lowest BCUT2D eigenvalue weighted by molar-refractivity contribution is -0.104. The molecule has 0 aromatic rings. The average Bonchev–Trinajstić information content (AvgIpc) is 2.27. The number of hydrogen-bond acceptors (Lipinski definition) is 1. The number of hydrogen-bond donors (Lipinski definition) is 0. The van der Waals surface area contributed by atoms with E-state index in [0.717, 1.165) is 36.7 Å². The molecule has 0 unspecified atom stereocenters. The molecule has 0 aliphatic heterocycles. The molecule has 0 aromatic heterocycles. The van der Waals surface area contributed by atoms with Crippen LogP contribution in [-0.4, -0.2) is 6.29 Å². The summed E-state index contributed by atoms with van der Waals surface area (Å²) in [4.78, 5) is 10.5. The van der Waals surface area contributed by atoms with Gasteiger partial charge in [-0.1, -0.05) is 42.0 Å². The minimum Gasteiger partial charge on any atom is -0.298 e. The Bertz CT molecular complexity index is 325. The molecule has 0 fully saturated rings. The fraction of sp³-hybridized carbons (Fsp3) is 0.400. The van der Waals surface area contributed by atoms with Crippen molar-refractivity contribution in [2.24, 2.45) is 0 Å². The second kappa shape index (κ2) is 7.86. The van der Waals surface area contributed by atoms with E-state index >= 15 is 0 Å². The molecule has 0 spiro atoms. The number of carbonyl (C=O) groups excluding carboxylic acids is 1. The van der Waals surface area contributed by atoms with Crippen LogP contribution in [0.1, 0.15) is 40.0 Å². The van der Waals surface area contributed by atoms with Crippen LogP contribution in [0.4, 0.5) is 0 Å². The summed E-state index contributed by atoms with van der Waals surface area (Å²) in [5, 5.41) is 0. The molecular weight excluding hydrogens is 196 g/mol. The molecule has 0 bridgehead atoms. The van der Waals surface area contributed by atoms with E-state index < -0.39 is 0 Å². The van der Waals surface area contributed by atoms with Crippen LogP contribution in [0.3, 0.4) is 0 Å². The zero-order chi connectivity index (χ0) is 12.6. The number of allylic oxidation sites excluding steroid dienone is 6. The van der Waals surface area contributed by atoms with Crippen molar-refractivity contribution in [3.8, 4) is 0 Å². The van der Waals surface area contributed by atoms with E-state index in [1.165, 1.54) is 11.1 Å². The second-order valence-corrected chi connectivity index (χ2v) is 4.24.